The van der Waals surface area contributed by atoms with E-state index in [0.29, 0.717) is 0 Å². The largest absolute Gasteiger partial charge is 0.357 e. The van der Waals surface area contributed by atoms with Crippen molar-refractivity contribution in [2.75, 3.05) is 45.5 Å². The molecule has 1 saturated heterocycles. The van der Waals surface area contributed by atoms with Gasteiger partial charge in [0.1, 0.15) is 0 Å². The van der Waals surface area contributed by atoms with Crippen LogP contribution < -0.4 is 10.6 Å². The Morgan fingerprint density at radius 2 is 1.87 bits per heavy atom. The Balaban J connectivity index is 0.00000484. The number of nitrogens with zero attached hydrogens (tertiary/aromatic N) is 2. The number of piperidine rings is 1. The number of aliphatic imine (C=N–C) groups is 1. The summed E-state index contributed by atoms with van der Waals surface area (Å²) >= 11 is 1.87. The number of nitrogens with one attached hydrogen (secondary N) is 2. The summed E-state index contributed by atoms with van der Waals surface area (Å²) in [7, 11) is 0. The minimum Gasteiger partial charge on any atom is -0.357 e. The van der Waals surface area contributed by atoms with Crippen LogP contribution in [0.3, 0.4) is 0 Å². The van der Waals surface area contributed by atoms with E-state index in [2.05, 4.69) is 49.5 Å². The van der Waals surface area contributed by atoms with Gasteiger partial charge in [0.25, 0.3) is 0 Å². The number of likely N-dealkylation sites (tertiary alicyclic amines) is 1. The van der Waals surface area contributed by atoms with Gasteiger partial charge in [-0.3, -0.25) is 4.99 Å². The average Bonchev–Trinajstić information content (AvgIpc) is 2.53. The molecule has 1 heterocycles. The van der Waals surface area contributed by atoms with E-state index >= 15 is 0 Å². The molecule has 0 bridgehead atoms. The van der Waals surface area contributed by atoms with Crippen LogP contribution in [0, 0.1) is 5.92 Å². The van der Waals surface area contributed by atoms with Crippen LogP contribution in [0.25, 0.3) is 0 Å². The van der Waals surface area contributed by atoms with Crippen molar-refractivity contribution < 1.29 is 0 Å². The Morgan fingerprint density at radius 1 is 1.22 bits per heavy atom. The second-order valence-electron chi connectivity index (χ2n) is 6.75. The van der Waals surface area contributed by atoms with Crippen LogP contribution in [-0.4, -0.2) is 61.1 Å². The molecule has 1 aliphatic rings. The van der Waals surface area contributed by atoms with Gasteiger partial charge in [-0.1, -0.05) is 6.92 Å². The molecule has 2 N–H and O–H groups in total. The monoisotopic (exact) mass is 456 g/mol. The molecule has 1 aliphatic heterocycles. The summed E-state index contributed by atoms with van der Waals surface area (Å²) in [5.74, 6) is 1.84. The van der Waals surface area contributed by atoms with Crippen molar-refractivity contribution >= 4 is 41.7 Å². The Bertz CT molecular complexity index is 329. The molecule has 0 aromatic carbocycles. The molecule has 23 heavy (non-hydrogen) atoms. The lowest BCUT2D eigenvalue weighted by atomic mass is 9.93. The molecule has 6 heteroatoms. The van der Waals surface area contributed by atoms with Crippen molar-refractivity contribution in [1.29, 1.82) is 0 Å². The molecule has 0 aromatic rings. The zero-order valence-corrected chi connectivity index (χ0v) is 18.8. The number of hydrogen-bond acceptors (Lipinski definition) is 3. The highest BCUT2D eigenvalue weighted by molar-refractivity contribution is 14.0. The van der Waals surface area contributed by atoms with Gasteiger partial charge < -0.3 is 15.5 Å². The lowest BCUT2D eigenvalue weighted by molar-refractivity contribution is 0.187. The summed E-state index contributed by atoms with van der Waals surface area (Å²) < 4.78 is 0.204. The predicted molar refractivity (Wildman–Crippen MR) is 116 cm³/mol. The van der Waals surface area contributed by atoms with E-state index in [1.54, 1.807) is 0 Å². The maximum atomic E-state index is 4.73. The third kappa shape index (κ3) is 10.0. The summed E-state index contributed by atoms with van der Waals surface area (Å²) in [5, 5.41) is 6.86. The molecular weight excluding hydrogens is 419 g/mol. The number of thioether (sulfide) groups is 1. The van der Waals surface area contributed by atoms with Gasteiger partial charge in [0, 0.05) is 17.8 Å². The van der Waals surface area contributed by atoms with Gasteiger partial charge in [0.15, 0.2) is 5.96 Å². The molecule has 0 aliphatic carbocycles. The lowest BCUT2D eigenvalue weighted by Crippen LogP contribution is -2.40. The smallest absolute Gasteiger partial charge is 0.191 e. The molecule has 4 nitrogen and oxygen atoms in total. The van der Waals surface area contributed by atoms with Crippen LogP contribution in [0.15, 0.2) is 4.99 Å². The van der Waals surface area contributed by atoms with Gasteiger partial charge in [0.2, 0.25) is 0 Å². The lowest BCUT2D eigenvalue weighted by Gasteiger charge is -2.31. The van der Waals surface area contributed by atoms with Gasteiger partial charge in [-0.2, -0.15) is 11.8 Å². The Labute approximate surface area is 165 Å². The minimum atomic E-state index is 0. The fraction of sp³-hybridized carbons (Fsp3) is 0.941. The van der Waals surface area contributed by atoms with Gasteiger partial charge >= 0.3 is 0 Å². The van der Waals surface area contributed by atoms with Gasteiger partial charge in [-0.05, 0) is 71.8 Å². The first kappa shape index (κ1) is 23.3. The molecular formula is C17H37IN4S. The minimum absolute atomic E-state index is 0. The van der Waals surface area contributed by atoms with Crippen LogP contribution in [0.5, 0.6) is 0 Å². The Kier molecular flexibility index (Phi) is 12.8. The molecule has 138 valence electrons. The highest BCUT2D eigenvalue weighted by Gasteiger charge is 2.18. The van der Waals surface area contributed by atoms with Crippen molar-refractivity contribution in [3.05, 3.63) is 0 Å². The molecule has 1 fully saturated rings. The van der Waals surface area contributed by atoms with Crippen molar-refractivity contribution in [2.24, 2.45) is 10.9 Å². The SMILES string of the molecule is CCNC(=NCC(C)(C)SC)NCCC1CCN(CC)CC1.I. The van der Waals surface area contributed by atoms with Crippen LogP contribution >= 0.6 is 35.7 Å². The van der Waals surface area contributed by atoms with Crippen molar-refractivity contribution in [1.82, 2.24) is 15.5 Å². The third-order valence-electron chi connectivity index (χ3n) is 4.51. The predicted octanol–water partition coefficient (Wildman–Crippen LogP) is 3.42. The third-order valence-corrected chi connectivity index (χ3v) is 5.75. The standard InChI is InChI=1S/C17H36N4S.HI/c1-6-18-16(20-14-17(3,4)22-5)19-11-8-15-9-12-21(7-2)13-10-15;/h15H,6-14H2,1-5H3,(H2,18,19,20);1H. The molecule has 0 radical (unpaired) electrons. The van der Waals surface area contributed by atoms with Crippen LogP contribution in [0.2, 0.25) is 0 Å². The van der Waals surface area contributed by atoms with Crippen molar-refractivity contribution in [3.63, 3.8) is 0 Å². The zero-order valence-electron chi connectivity index (χ0n) is 15.7. The Hall–Kier alpha value is 0.310. The van der Waals surface area contributed by atoms with Gasteiger partial charge in [0.05, 0.1) is 6.54 Å². The molecule has 0 atom stereocenters. The highest BCUT2D eigenvalue weighted by atomic mass is 127. The zero-order chi connectivity index (χ0) is 16.4. The molecule has 0 aromatic heterocycles. The van der Waals surface area contributed by atoms with Crippen LogP contribution in [0.4, 0.5) is 0 Å². The average molecular weight is 456 g/mol. The number of rotatable bonds is 8. The maximum Gasteiger partial charge on any atom is 0.191 e. The van der Waals surface area contributed by atoms with E-state index in [1.165, 1.54) is 38.9 Å². The second-order valence-corrected chi connectivity index (χ2v) is 8.27. The quantitative estimate of drug-likeness (QED) is 0.334. The summed E-state index contributed by atoms with van der Waals surface area (Å²) in [6.45, 7) is 15.4. The normalized spacial score (nSPS) is 17.7. The number of guanidine groups is 1. The van der Waals surface area contributed by atoms with E-state index in [0.717, 1.165) is 31.5 Å². The van der Waals surface area contributed by atoms with Crippen molar-refractivity contribution in [3.8, 4) is 0 Å². The molecule has 0 spiro atoms. The Morgan fingerprint density at radius 3 is 2.39 bits per heavy atom. The fourth-order valence-electron chi connectivity index (χ4n) is 2.66. The number of hydrogen-bond donors (Lipinski definition) is 2. The van der Waals surface area contributed by atoms with Gasteiger partial charge in [-0.25, -0.2) is 0 Å². The first-order valence-corrected chi connectivity index (χ1v) is 10.0. The molecule has 1 rings (SSSR count). The van der Waals surface area contributed by atoms with E-state index in [9.17, 15) is 0 Å². The van der Waals surface area contributed by atoms with E-state index in [1.807, 2.05) is 11.8 Å². The summed E-state index contributed by atoms with van der Waals surface area (Å²) in [6.07, 6.45) is 6.11. The van der Waals surface area contributed by atoms with Gasteiger partial charge in [-0.15, -0.1) is 24.0 Å². The molecule has 0 saturated carbocycles. The van der Waals surface area contributed by atoms with Crippen molar-refractivity contribution in [2.45, 2.75) is 51.7 Å². The molecule has 0 unspecified atom stereocenters. The maximum absolute atomic E-state index is 4.73. The second kappa shape index (κ2) is 12.6. The van der Waals surface area contributed by atoms with Crippen LogP contribution in [0.1, 0.15) is 47.0 Å². The highest BCUT2D eigenvalue weighted by Crippen LogP contribution is 2.21. The molecule has 0 amide bonds. The first-order chi connectivity index (χ1) is 10.5. The number of halogens is 1. The summed E-state index contributed by atoms with van der Waals surface area (Å²) in [4.78, 5) is 7.28. The van der Waals surface area contributed by atoms with E-state index in [4.69, 9.17) is 4.99 Å². The van der Waals surface area contributed by atoms with E-state index < -0.39 is 0 Å². The summed E-state index contributed by atoms with van der Waals surface area (Å²) in [5.41, 5.74) is 0. The van der Waals surface area contributed by atoms with Crippen LogP contribution in [-0.2, 0) is 0 Å². The van der Waals surface area contributed by atoms with E-state index in [-0.39, 0.29) is 28.7 Å². The fourth-order valence-corrected chi connectivity index (χ4v) is 2.86. The first-order valence-electron chi connectivity index (χ1n) is 8.80. The topological polar surface area (TPSA) is 39.7 Å². The summed E-state index contributed by atoms with van der Waals surface area (Å²) in [6, 6.07) is 0.